The molecule has 1 aromatic heterocycles. The number of anilines is 1. The van der Waals surface area contributed by atoms with E-state index < -0.39 is 6.10 Å². The van der Waals surface area contributed by atoms with Gasteiger partial charge in [-0.05, 0) is 24.3 Å². The predicted molar refractivity (Wildman–Crippen MR) is 93.4 cm³/mol. The van der Waals surface area contributed by atoms with Crippen molar-refractivity contribution in [2.45, 2.75) is 6.10 Å². The number of aromatic nitrogens is 1. The van der Waals surface area contributed by atoms with Crippen LogP contribution in [0.4, 0.5) is 5.69 Å². The van der Waals surface area contributed by atoms with Crippen LogP contribution in [0.15, 0.2) is 42.7 Å². The number of carbonyl (C=O) groups excluding carboxylic acids is 1. The first-order valence-corrected chi connectivity index (χ1v) is 7.76. The second kappa shape index (κ2) is 7.42. The lowest BCUT2D eigenvalue weighted by Crippen LogP contribution is -2.28. The number of benzene rings is 1. The monoisotopic (exact) mass is 361 g/mol. The van der Waals surface area contributed by atoms with Gasteiger partial charge in [-0.25, -0.2) is 0 Å². The molecule has 0 aliphatic carbocycles. The minimum Gasteiger partial charge on any atom is -0.496 e. The van der Waals surface area contributed by atoms with Gasteiger partial charge in [-0.15, -0.1) is 0 Å². The van der Waals surface area contributed by atoms with E-state index >= 15 is 0 Å². The summed E-state index contributed by atoms with van der Waals surface area (Å²) >= 11 is 6.18. The molecule has 25 heavy (non-hydrogen) atoms. The Morgan fingerprint density at radius 3 is 2.80 bits per heavy atom. The molecule has 7 nitrogen and oxygen atoms in total. The number of carbonyl (C=O) groups is 1. The summed E-state index contributed by atoms with van der Waals surface area (Å²) in [5.41, 5.74) is 4.55. The number of nitrogens with one attached hydrogen (secondary N) is 2. The molecule has 0 spiro atoms. The highest BCUT2D eigenvalue weighted by atomic mass is 35.5. The van der Waals surface area contributed by atoms with Gasteiger partial charge in [-0.1, -0.05) is 11.6 Å². The average molecular weight is 362 g/mol. The molecule has 0 saturated carbocycles. The second-order valence-electron chi connectivity index (χ2n) is 5.14. The summed E-state index contributed by atoms with van der Waals surface area (Å²) in [6, 6.07) is 6.82. The van der Waals surface area contributed by atoms with E-state index in [2.05, 4.69) is 15.8 Å². The Kier molecular flexibility index (Phi) is 5.06. The van der Waals surface area contributed by atoms with Crippen LogP contribution in [0.5, 0.6) is 11.5 Å². The maximum absolute atomic E-state index is 12.3. The number of hydrogen-bond acceptors (Lipinski definition) is 6. The summed E-state index contributed by atoms with van der Waals surface area (Å²) in [7, 11) is 3.06. The van der Waals surface area contributed by atoms with Crippen molar-refractivity contribution < 1.29 is 19.1 Å². The van der Waals surface area contributed by atoms with Crippen molar-refractivity contribution in [3.05, 3.63) is 53.3 Å². The van der Waals surface area contributed by atoms with Crippen LogP contribution in [0.3, 0.4) is 0 Å². The molecule has 0 fully saturated rings. The van der Waals surface area contributed by atoms with Gasteiger partial charge in [-0.3, -0.25) is 20.1 Å². The Morgan fingerprint density at radius 2 is 2.12 bits per heavy atom. The lowest BCUT2D eigenvalue weighted by atomic mass is 10.1. The van der Waals surface area contributed by atoms with E-state index in [1.807, 2.05) is 0 Å². The van der Waals surface area contributed by atoms with Crippen molar-refractivity contribution in [1.82, 2.24) is 10.5 Å². The number of hydrogen-bond donors (Lipinski definition) is 2. The maximum Gasteiger partial charge on any atom is 0.260 e. The number of amides is 1. The minimum atomic E-state index is -0.805. The average Bonchev–Trinajstić information content (AvgIpc) is 3.12. The summed E-state index contributed by atoms with van der Waals surface area (Å²) in [6.45, 7) is 0. The SMILES string of the molecule is COc1cc(OC)c(C2=C[C@H](C(=O)Nc3cccnc3)ON2)cc1Cl. The highest BCUT2D eigenvalue weighted by molar-refractivity contribution is 6.32. The van der Waals surface area contributed by atoms with Gasteiger partial charge < -0.3 is 14.8 Å². The molecular formula is C17H16ClN3O4. The fraction of sp³-hybridized carbons (Fsp3) is 0.176. The third-order valence-corrected chi connectivity index (χ3v) is 3.86. The standard InChI is InChI=1S/C17H16ClN3O4/c1-23-14-8-15(24-2)12(18)6-11(14)13-7-16(25-21-13)17(22)20-10-4-3-5-19-9-10/h3-9,16,21H,1-2H3,(H,20,22)/t16-/m1/s1. The summed E-state index contributed by atoms with van der Waals surface area (Å²) in [4.78, 5) is 21.6. The molecule has 130 valence electrons. The van der Waals surface area contributed by atoms with Crippen molar-refractivity contribution in [2.24, 2.45) is 0 Å². The number of nitrogens with zero attached hydrogens (tertiary/aromatic N) is 1. The van der Waals surface area contributed by atoms with Crippen LogP contribution in [0.25, 0.3) is 5.70 Å². The van der Waals surface area contributed by atoms with E-state index in [0.717, 1.165) is 0 Å². The first kappa shape index (κ1) is 17.1. The first-order chi connectivity index (χ1) is 12.1. The molecule has 2 aromatic rings. The number of methoxy groups -OCH3 is 2. The molecule has 1 amide bonds. The molecule has 2 N–H and O–H groups in total. The summed E-state index contributed by atoms with van der Waals surface area (Å²) in [6.07, 6.45) is 4.02. The Morgan fingerprint density at radius 1 is 1.32 bits per heavy atom. The molecule has 2 heterocycles. The predicted octanol–water partition coefficient (Wildman–Crippen LogP) is 2.64. The van der Waals surface area contributed by atoms with Crippen LogP contribution in [-0.2, 0) is 9.63 Å². The van der Waals surface area contributed by atoms with Crippen molar-refractivity contribution >= 4 is 28.9 Å². The van der Waals surface area contributed by atoms with Crippen molar-refractivity contribution in [3.63, 3.8) is 0 Å². The lowest BCUT2D eigenvalue weighted by molar-refractivity contribution is -0.125. The van der Waals surface area contributed by atoms with Crippen molar-refractivity contribution in [3.8, 4) is 11.5 Å². The third kappa shape index (κ3) is 3.67. The van der Waals surface area contributed by atoms with E-state index in [1.54, 1.807) is 42.7 Å². The molecule has 3 rings (SSSR count). The summed E-state index contributed by atoms with van der Waals surface area (Å²) < 4.78 is 10.5. The quantitative estimate of drug-likeness (QED) is 0.852. The van der Waals surface area contributed by atoms with Crippen LogP contribution >= 0.6 is 11.6 Å². The van der Waals surface area contributed by atoms with Gasteiger partial charge in [0.05, 0.1) is 36.8 Å². The minimum absolute atomic E-state index is 0.325. The van der Waals surface area contributed by atoms with E-state index in [9.17, 15) is 4.79 Å². The van der Waals surface area contributed by atoms with Crippen LogP contribution < -0.4 is 20.3 Å². The van der Waals surface area contributed by atoms with E-state index in [0.29, 0.717) is 33.5 Å². The normalized spacial score (nSPS) is 16.0. The zero-order valence-electron chi connectivity index (χ0n) is 13.6. The largest absolute Gasteiger partial charge is 0.496 e. The zero-order chi connectivity index (χ0) is 17.8. The van der Waals surface area contributed by atoms with Crippen LogP contribution in [0, 0.1) is 0 Å². The molecule has 1 aliphatic heterocycles. The molecule has 1 atom stereocenters. The zero-order valence-corrected chi connectivity index (χ0v) is 14.3. The van der Waals surface area contributed by atoms with Gasteiger partial charge in [0.1, 0.15) is 11.5 Å². The van der Waals surface area contributed by atoms with E-state index in [1.165, 1.54) is 14.2 Å². The smallest absolute Gasteiger partial charge is 0.260 e. The van der Waals surface area contributed by atoms with Gasteiger partial charge in [0, 0.05) is 17.8 Å². The molecule has 1 aromatic carbocycles. The Labute approximate surface area is 149 Å². The maximum atomic E-state index is 12.3. The fourth-order valence-corrected chi connectivity index (χ4v) is 2.58. The number of rotatable bonds is 5. The molecule has 0 radical (unpaired) electrons. The van der Waals surface area contributed by atoms with Crippen LogP contribution in [0.1, 0.15) is 5.56 Å². The number of hydroxylamine groups is 1. The topological polar surface area (TPSA) is 81.7 Å². The Balaban J connectivity index is 1.81. The molecule has 0 unspecified atom stereocenters. The number of ether oxygens (including phenoxy) is 2. The first-order valence-electron chi connectivity index (χ1n) is 7.38. The highest BCUT2D eigenvalue weighted by Crippen LogP contribution is 2.36. The van der Waals surface area contributed by atoms with Crippen molar-refractivity contribution in [2.75, 3.05) is 19.5 Å². The van der Waals surface area contributed by atoms with Gasteiger partial charge in [-0.2, -0.15) is 0 Å². The van der Waals surface area contributed by atoms with Gasteiger partial charge >= 0.3 is 0 Å². The lowest BCUT2D eigenvalue weighted by Gasteiger charge is -2.12. The fourth-order valence-electron chi connectivity index (χ4n) is 2.34. The molecular weight excluding hydrogens is 346 g/mol. The number of pyridine rings is 1. The summed E-state index contributed by atoms with van der Waals surface area (Å²) in [5.74, 6) is 0.707. The number of halogens is 1. The van der Waals surface area contributed by atoms with Crippen molar-refractivity contribution in [1.29, 1.82) is 0 Å². The Bertz CT molecular complexity index is 811. The van der Waals surface area contributed by atoms with Gasteiger partial charge in [0.15, 0.2) is 6.10 Å². The van der Waals surface area contributed by atoms with E-state index in [-0.39, 0.29) is 5.91 Å². The Hall–Kier alpha value is -2.77. The highest BCUT2D eigenvalue weighted by Gasteiger charge is 2.26. The summed E-state index contributed by atoms with van der Waals surface area (Å²) in [5, 5.41) is 3.15. The van der Waals surface area contributed by atoms with E-state index in [4.69, 9.17) is 25.9 Å². The molecule has 0 bridgehead atoms. The van der Waals surface area contributed by atoms with Gasteiger partial charge in [0.25, 0.3) is 5.91 Å². The molecule has 0 saturated heterocycles. The molecule has 1 aliphatic rings. The third-order valence-electron chi connectivity index (χ3n) is 3.57. The van der Waals surface area contributed by atoms with Crippen LogP contribution in [0.2, 0.25) is 5.02 Å². The van der Waals surface area contributed by atoms with Gasteiger partial charge in [0.2, 0.25) is 0 Å². The molecule has 8 heteroatoms. The second-order valence-corrected chi connectivity index (χ2v) is 5.55. The van der Waals surface area contributed by atoms with Crippen LogP contribution in [-0.4, -0.2) is 31.2 Å².